The molecule has 84 valence electrons. The van der Waals surface area contributed by atoms with E-state index in [9.17, 15) is 0 Å². The largest absolute Gasteiger partial charge is 0.305 e. The molecule has 3 nitrogen and oxygen atoms in total. The number of hydrogen-bond acceptors (Lipinski definition) is 4. The van der Waals surface area contributed by atoms with Crippen LogP contribution in [0.3, 0.4) is 0 Å². The van der Waals surface area contributed by atoms with Crippen LogP contribution in [0, 0.1) is 6.92 Å². The van der Waals surface area contributed by atoms with E-state index in [1.807, 2.05) is 31.5 Å². The average molecular weight is 233 g/mol. The zero-order valence-electron chi connectivity index (χ0n) is 9.47. The lowest BCUT2D eigenvalue weighted by atomic mass is 10.1. The Labute approximate surface area is 99.6 Å². The topological polar surface area (TPSA) is 37.8 Å². The predicted molar refractivity (Wildman–Crippen MR) is 66.3 cm³/mol. The molecule has 1 atom stereocenters. The highest BCUT2D eigenvalue weighted by molar-refractivity contribution is 7.09. The highest BCUT2D eigenvalue weighted by Crippen LogP contribution is 2.12. The van der Waals surface area contributed by atoms with Crippen molar-refractivity contribution < 1.29 is 0 Å². The number of aryl methyl sites for hydroxylation is 1. The molecule has 1 N–H and O–H groups in total. The molecular formula is C12H15N3S. The van der Waals surface area contributed by atoms with Gasteiger partial charge in [-0.25, -0.2) is 4.98 Å². The summed E-state index contributed by atoms with van der Waals surface area (Å²) in [6.07, 6.45) is 3.64. The van der Waals surface area contributed by atoms with Crippen LogP contribution in [-0.4, -0.2) is 9.97 Å². The Bertz CT molecular complexity index is 439. The Morgan fingerprint density at radius 2 is 2.12 bits per heavy atom. The minimum absolute atomic E-state index is 0.324. The molecule has 0 bridgehead atoms. The Morgan fingerprint density at radius 3 is 2.75 bits per heavy atom. The molecule has 0 aliphatic rings. The minimum atomic E-state index is 0.324. The average Bonchev–Trinajstić information content (AvgIpc) is 2.73. The first-order chi connectivity index (χ1) is 7.75. The molecule has 0 aliphatic carbocycles. The van der Waals surface area contributed by atoms with Crippen molar-refractivity contribution in [2.75, 3.05) is 0 Å². The van der Waals surface area contributed by atoms with E-state index in [0.717, 1.165) is 17.2 Å². The third kappa shape index (κ3) is 2.87. The first-order valence-electron chi connectivity index (χ1n) is 5.30. The molecule has 2 heterocycles. The highest BCUT2D eigenvalue weighted by Gasteiger charge is 2.05. The second-order valence-corrected chi connectivity index (χ2v) is 4.80. The van der Waals surface area contributed by atoms with Gasteiger partial charge in [-0.05, 0) is 31.5 Å². The predicted octanol–water partition coefficient (Wildman–Crippen LogP) is 2.70. The summed E-state index contributed by atoms with van der Waals surface area (Å²) in [6.45, 7) is 4.99. The van der Waals surface area contributed by atoms with Gasteiger partial charge in [-0.2, -0.15) is 0 Å². The smallest absolute Gasteiger partial charge is 0.0897 e. The summed E-state index contributed by atoms with van der Waals surface area (Å²) in [4.78, 5) is 8.43. The fourth-order valence-electron chi connectivity index (χ4n) is 1.52. The molecule has 2 aromatic rings. The van der Waals surface area contributed by atoms with Crippen LogP contribution in [0.25, 0.3) is 0 Å². The van der Waals surface area contributed by atoms with E-state index >= 15 is 0 Å². The Balaban J connectivity index is 1.91. The Kier molecular flexibility index (Phi) is 3.64. The van der Waals surface area contributed by atoms with Crippen LogP contribution in [0.15, 0.2) is 29.9 Å². The molecule has 0 fully saturated rings. The van der Waals surface area contributed by atoms with Gasteiger partial charge in [0.1, 0.15) is 0 Å². The molecule has 0 amide bonds. The van der Waals surface area contributed by atoms with Gasteiger partial charge < -0.3 is 5.32 Å². The normalized spacial score (nSPS) is 12.6. The van der Waals surface area contributed by atoms with Crippen molar-refractivity contribution in [1.29, 1.82) is 0 Å². The van der Waals surface area contributed by atoms with Gasteiger partial charge in [-0.1, -0.05) is 0 Å². The van der Waals surface area contributed by atoms with E-state index in [4.69, 9.17) is 0 Å². The van der Waals surface area contributed by atoms with E-state index in [1.54, 1.807) is 11.3 Å². The van der Waals surface area contributed by atoms with Gasteiger partial charge in [0.2, 0.25) is 0 Å². The van der Waals surface area contributed by atoms with Gasteiger partial charge in [0, 0.05) is 30.4 Å². The fraction of sp³-hybridized carbons (Fsp3) is 0.333. The summed E-state index contributed by atoms with van der Waals surface area (Å²) in [7, 11) is 0. The summed E-state index contributed by atoms with van der Waals surface area (Å²) in [5.74, 6) is 0. The molecule has 2 rings (SSSR count). The summed E-state index contributed by atoms with van der Waals surface area (Å²) in [5, 5.41) is 6.66. The zero-order chi connectivity index (χ0) is 11.4. The minimum Gasteiger partial charge on any atom is -0.305 e. The molecule has 2 aromatic heterocycles. The molecule has 1 unspecified atom stereocenters. The SMILES string of the molecule is Cc1nc(CNC(C)c2ccncc2)cs1. The van der Waals surface area contributed by atoms with Crippen LogP contribution in [0.1, 0.15) is 29.2 Å². The number of nitrogens with zero attached hydrogens (tertiary/aromatic N) is 2. The molecular weight excluding hydrogens is 218 g/mol. The number of pyridine rings is 1. The molecule has 0 aromatic carbocycles. The Hall–Kier alpha value is -1.26. The van der Waals surface area contributed by atoms with Crippen LogP contribution in [0.2, 0.25) is 0 Å². The van der Waals surface area contributed by atoms with Crippen molar-refractivity contribution in [1.82, 2.24) is 15.3 Å². The summed E-state index contributed by atoms with van der Waals surface area (Å²) in [5.41, 5.74) is 2.37. The van der Waals surface area contributed by atoms with Crippen LogP contribution in [0.4, 0.5) is 0 Å². The molecule has 4 heteroatoms. The number of thiazole rings is 1. The van der Waals surface area contributed by atoms with Gasteiger partial charge in [-0.3, -0.25) is 4.98 Å². The number of aromatic nitrogens is 2. The second kappa shape index (κ2) is 5.18. The number of hydrogen-bond donors (Lipinski definition) is 1. The maximum absolute atomic E-state index is 4.42. The first-order valence-corrected chi connectivity index (χ1v) is 6.18. The first kappa shape index (κ1) is 11.2. The lowest BCUT2D eigenvalue weighted by molar-refractivity contribution is 0.568. The van der Waals surface area contributed by atoms with Gasteiger partial charge in [0.15, 0.2) is 0 Å². The third-order valence-electron chi connectivity index (χ3n) is 2.46. The maximum atomic E-state index is 4.42. The lowest BCUT2D eigenvalue weighted by Gasteiger charge is -2.12. The zero-order valence-corrected chi connectivity index (χ0v) is 10.3. The van der Waals surface area contributed by atoms with E-state index in [2.05, 4.69) is 27.6 Å². The molecule has 0 saturated heterocycles. The number of nitrogens with one attached hydrogen (secondary N) is 1. The van der Waals surface area contributed by atoms with Crippen LogP contribution < -0.4 is 5.32 Å². The van der Waals surface area contributed by atoms with Gasteiger partial charge in [0.05, 0.1) is 10.7 Å². The van der Waals surface area contributed by atoms with E-state index in [0.29, 0.717) is 6.04 Å². The fourth-order valence-corrected chi connectivity index (χ4v) is 2.13. The van der Waals surface area contributed by atoms with Crippen molar-refractivity contribution >= 4 is 11.3 Å². The van der Waals surface area contributed by atoms with Crippen molar-refractivity contribution in [2.45, 2.75) is 26.4 Å². The maximum Gasteiger partial charge on any atom is 0.0897 e. The van der Waals surface area contributed by atoms with Crippen LogP contribution in [-0.2, 0) is 6.54 Å². The van der Waals surface area contributed by atoms with Crippen molar-refractivity contribution in [3.63, 3.8) is 0 Å². The van der Waals surface area contributed by atoms with Crippen LogP contribution in [0.5, 0.6) is 0 Å². The molecule has 0 radical (unpaired) electrons. The van der Waals surface area contributed by atoms with E-state index in [1.165, 1.54) is 5.56 Å². The lowest BCUT2D eigenvalue weighted by Crippen LogP contribution is -2.18. The van der Waals surface area contributed by atoms with Crippen LogP contribution >= 0.6 is 11.3 Å². The Morgan fingerprint density at radius 1 is 1.38 bits per heavy atom. The second-order valence-electron chi connectivity index (χ2n) is 3.74. The molecule has 0 spiro atoms. The third-order valence-corrected chi connectivity index (χ3v) is 3.28. The van der Waals surface area contributed by atoms with Gasteiger partial charge in [-0.15, -0.1) is 11.3 Å². The van der Waals surface area contributed by atoms with E-state index in [-0.39, 0.29) is 0 Å². The van der Waals surface area contributed by atoms with Crippen molar-refractivity contribution in [3.05, 3.63) is 46.2 Å². The standard InChI is InChI=1S/C12H15N3S/c1-9(11-3-5-13-6-4-11)14-7-12-8-16-10(2)15-12/h3-6,8-9,14H,7H2,1-2H3. The van der Waals surface area contributed by atoms with E-state index < -0.39 is 0 Å². The summed E-state index contributed by atoms with van der Waals surface area (Å²) in [6, 6.07) is 4.39. The molecule has 0 saturated carbocycles. The highest BCUT2D eigenvalue weighted by atomic mass is 32.1. The summed E-state index contributed by atoms with van der Waals surface area (Å²) < 4.78 is 0. The monoisotopic (exact) mass is 233 g/mol. The van der Waals surface area contributed by atoms with Gasteiger partial charge >= 0.3 is 0 Å². The van der Waals surface area contributed by atoms with Crippen molar-refractivity contribution in [3.8, 4) is 0 Å². The quantitative estimate of drug-likeness (QED) is 0.882. The molecule has 0 aliphatic heterocycles. The molecule has 16 heavy (non-hydrogen) atoms. The number of rotatable bonds is 4. The summed E-state index contributed by atoms with van der Waals surface area (Å²) >= 11 is 1.69. The van der Waals surface area contributed by atoms with Crippen molar-refractivity contribution in [2.24, 2.45) is 0 Å². The van der Waals surface area contributed by atoms with Gasteiger partial charge in [0.25, 0.3) is 0 Å².